The number of carboxylic acids is 1. The van der Waals surface area contributed by atoms with Gasteiger partial charge in [0.25, 0.3) is 10.1 Å². The summed E-state index contributed by atoms with van der Waals surface area (Å²) >= 11 is 0. The molecule has 0 radical (unpaired) electrons. The molecule has 0 unspecified atom stereocenters. The minimum Gasteiger partial charge on any atom is -0.481 e. The van der Waals surface area contributed by atoms with Crippen LogP contribution in [0.4, 0.5) is 5.69 Å². The predicted molar refractivity (Wildman–Crippen MR) is 155 cm³/mol. The summed E-state index contributed by atoms with van der Waals surface area (Å²) in [6.45, 7) is 6.40. The number of hydrogen-bond acceptors (Lipinski definition) is 6. The number of carboxylic acid groups (broad SMARTS) is 1. The summed E-state index contributed by atoms with van der Waals surface area (Å²) in [5.74, 6) is -0.822. The van der Waals surface area contributed by atoms with Gasteiger partial charge in [0.05, 0.1) is 15.8 Å². The molecule has 10 heteroatoms. The van der Waals surface area contributed by atoms with Crippen molar-refractivity contribution in [3.05, 3.63) is 76.3 Å². The van der Waals surface area contributed by atoms with E-state index < -0.39 is 21.7 Å². The second kappa shape index (κ2) is 12.4. The van der Waals surface area contributed by atoms with Crippen LogP contribution in [0, 0.1) is 0 Å². The first kappa shape index (κ1) is 29.0. The van der Waals surface area contributed by atoms with E-state index in [1.54, 1.807) is 24.3 Å². The Morgan fingerprint density at radius 1 is 0.975 bits per heavy atom. The van der Waals surface area contributed by atoms with E-state index in [1.165, 1.54) is 12.1 Å². The van der Waals surface area contributed by atoms with E-state index in [0.717, 1.165) is 42.5 Å². The van der Waals surface area contributed by atoms with Crippen LogP contribution < -0.4 is 15.1 Å². The van der Waals surface area contributed by atoms with Gasteiger partial charge in [-0.2, -0.15) is 13.0 Å². The number of unbranched alkanes of at least 4 members (excludes halogenated alkanes) is 2. The Morgan fingerprint density at radius 3 is 2.42 bits per heavy atom. The van der Waals surface area contributed by atoms with Crippen LogP contribution in [0.3, 0.4) is 0 Å². The van der Waals surface area contributed by atoms with Crippen molar-refractivity contribution in [2.45, 2.75) is 51.0 Å². The molecule has 0 aliphatic rings. The molecule has 4 rings (SSSR count). The molecule has 9 nitrogen and oxygen atoms in total. The van der Waals surface area contributed by atoms with E-state index in [1.807, 2.05) is 35.0 Å². The molecule has 0 atom stereocenters. The lowest BCUT2D eigenvalue weighted by Gasteiger charge is -2.20. The Kier molecular flexibility index (Phi) is 9.01. The molecular weight excluding hydrogens is 532 g/mol. The molecule has 2 N–H and O–H groups in total. The zero-order valence-electron chi connectivity index (χ0n) is 22.5. The molecule has 0 saturated carbocycles. The van der Waals surface area contributed by atoms with E-state index in [0.29, 0.717) is 35.1 Å². The Balaban J connectivity index is 1.69. The normalized spacial score (nSPS) is 12.0. The maximum absolute atomic E-state index is 12.8. The summed E-state index contributed by atoms with van der Waals surface area (Å²) in [5.41, 5.74) is 2.72. The van der Waals surface area contributed by atoms with Crippen LogP contribution in [0.5, 0.6) is 0 Å². The van der Waals surface area contributed by atoms with Gasteiger partial charge in [0.2, 0.25) is 5.52 Å². The monoisotopic (exact) mass is 565 g/mol. The maximum Gasteiger partial charge on any atom is 0.343 e. The molecule has 0 aliphatic heterocycles. The number of aryl methyl sites for hydroxylation is 1. The fourth-order valence-corrected chi connectivity index (χ4v) is 5.28. The van der Waals surface area contributed by atoms with Crippen LogP contribution in [-0.4, -0.2) is 37.1 Å². The number of rotatable bonds is 12. The van der Waals surface area contributed by atoms with E-state index in [4.69, 9.17) is 9.52 Å². The van der Waals surface area contributed by atoms with E-state index in [-0.39, 0.29) is 11.3 Å². The van der Waals surface area contributed by atoms with Crippen LogP contribution in [0.1, 0.15) is 50.7 Å². The topological polar surface area (TPSA) is 129 Å². The van der Waals surface area contributed by atoms with Crippen molar-refractivity contribution in [3.8, 4) is 0 Å². The molecule has 0 fully saturated rings. The van der Waals surface area contributed by atoms with Crippen molar-refractivity contribution in [1.82, 2.24) is 0 Å². The quantitative estimate of drug-likeness (QED) is 0.105. The van der Waals surface area contributed by atoms with Gasteiger partial charge in [0.15, 0.2) is 6.20 Å². The molecule has 0 saturated heterocycles. The van der Waals surface area contributed by atoms with Crippen molar-refractivity contribution in [2.75, 3.05) is 18.0 Å². The van der Waals surface area contributed by atoms with Crippen molar-refractivity contribution < 1.29 is 31.9 Å². The van der Waals surface area contributed by atoms with Gasteiger partial charge < -0.3 is 14.4 Å². The average molecular weight is 566 g/mol. The maximum atomic E-state index is 12.8. The van der Waals surface area contributed by atoms with Gasteiger partial charge in [-0.05, 0) is 68.7 Å². The second-order valence-electron chi connectivity index (χ2n) is 9.54. The highest BCUT2D eigenvalue weighted by Crippen LogP contribution is 2.24. The van der Waals surface area contributed by atoms with E-state index in [9.17, 15) is 22.6 Å². The third kappa shape index (κ3) is 6.75. The third-order valence-electron chi connectivity index (χ3n) is 6.93. The number of hydrogen-bond donors (Lipinski definition) is 2. The minimum absolute atomic E-state index is 0.118. The third-order valence-corrected chi connectivity index (χ3v) is 7.78. The summed E-state index contributed by atoms with van der Waals surface area (Å²) in [5, 5.41) is 10.2. The molecule has 210 valence electrons. The van der Waals surface area contributed by atoms with Crippen molar-refractivity contribution in [2.24, 2.45) is 0 Å². The lowest BCUT2D eigenvalue weighted by molar-refractivity contribution is -0.671. The fraction of sp³-hybridized carbons (Fsp3) is 0.300. The molecule has 40 heavy (non-hydrogen) atoms. The van der Waals surface area contributed by atoms with Gasteiger partial charge in [-0.15, -0.1) is 0 Å². The molecule has 4 aromatic rings. The SMILES string of the molecule is CCN(CC)c1ccc2cc(/C=C/c3cc[n+](CCCCCC(=O)O)c4ccc(S(=O)(=O)O)cc34)c(=O)oc2c1. The highest BCUT2D eigenvalue weighted by Gasteiger charge is 2.17. The second-order valence-corrected chi connectivity index (χ2v) is 11.0. The summed E-state index contributed by atoms with van der Waals surface area (Å²) in [6, 6.07) is 13.7. The number of aromatic nitrogens is 1. The first-order chi connectivity index (χ1) is 19.1. The largest absolute Gasteiger partial charge is 0.481 e. The molecule has 2 aromatic heterocycles. The van der Waals surface area contributed by atoms with Crippen LogP contribution in [0.2, 0.25) is 0 Å². The lowest BCUT2D eigenvalue weighted by atomic mass is 10.1. The van der Waals surface area contributed by atoms with Crippen molar-refractivity contribution in [3.63, 3.8) is 0 Å². The van der Waals surface area contributed by atoms with Gasteiger partial charge in [0.1, 0.15) is 12.1 Å². The average Bonchev–Trinajstić information content (AvgIpc) is 2.92. The van der Waals surface area contributed by atoms with Gasteiger partial charge in [-0.25, -0.2) is 4.79 Å². The fourth-order valence-electron chi connectivity index (χ4n) is 4.77. The number of anilines is 1. The van der Waals surface area contributed by atoms with Gasteiger partial charge >= 0.3 is 11.6 Å². The van der Waals surface area contributed by atoms with Gasteiger partial charge in [-0.3, -0.25) is 9.35 Å². The Hall–Kier alpha value is -4.02. The molecule has 0 spiro atoms. The molecule has 0 amide bonds. The molecule has 2 aromatic carbocycles. The Labute approximate surface area is 232 Å². The first-order valence-corrected chi connectivity index (χ1v) is 14.7. The smallest absolute Gasteiger partial charge is 0.343 e. The zero-order chi connectivity index (χ0) is 28.9. The molecule has 0 aliphatic carbocycles. The summed E-state index contributed by atoms with van der Waals surface area (Å²) < 4.78 is 40.9. The van der Waals surface area contributed by atoms with E-state index in [2.05, 4.69) is 18.7 Å². The number of nitrogens with zero attached hydrogens (tertiary/aromatic N) is 2. The molecular formula is C30H33N2O7S+. The van der Waals surface area contributed by atoms with Crippen molar-refractivity contribution >= 4 is 55.8 Å². The lowest BCUT2D eigenvalue weighted by Crippen LogP contribution is -2.34. The van der Waals surface area contributed by atoms with Gasteiger partial charge in [0, 0.05) is 55.2 Å². The number of aliphatic carboxylic acids is 1. The standard InChI is InChI=1S/C30H32N2O7S/c1-3-31(4-2)24-12-11-22-18-23(30(35)39-28(22)19-24)10-9-21-15-17-32(16-7-5-6-8-29(33)34)27-14-13-25(20-26(21)27)40(36,37)38/h9-15,17-20H,3-8,16H2,1-2H3,(H-,33,34,36,37,38)/p+1. The highest BCUT2D eigenvalue weighted by molar-refractivity contribution is 7.85. The molecule has 0 bridgehead atoms. The van der Waals surface area contributed by atoms with Gasteiger partial charge in [-0.1, -0.05) is 6.08 Å². The zero-order valence-corrected chi connectivity index (χ0v) is 23.4. The van der Waals surface area contributed by atoms with Crippen LogP contribution in [-0.2, 0) is 21.5 Å². The number of fused-ring (bicyclic) bond motifs is 2. The summed E-state index contributed by atoms with van der Waals surface area (Å²) in [7, 11) is -4.43. The molecule has 2 heterocycles. The summed E-state index contributed by atoms with van der Waals surface area (Å²) in [6.07, 6.45) is 7.39. The highest BCUT2D eigenvalue weighted by atomic mass is 32.2. The number of benzene rings is 2. The summed E-state index contributed by atoms with van der Waals surface area (Å²) in [4.78, 5) is 25.5. The Bertz CT molecular complexity index is 1740. The Morgan fingerprint density at radius 2 is 1.73 bits per heavy atom. The number of pyridine rings is 1. The van der Waals surface area contributed by atoms with Crippen molar-refractivity contribution in [1.29, 1.82) is 0 Å². The van der Waals surface area contributed by atoms with Crippen LogP contribution >= 0.6 is 0 Å². The number of carbonyl (C=O) groups is 1. The minimum atomic E-state index is -4.43. The first-order valence-electron chi connectivity index (χ1n) is 13.3. The predicted octanol–water partition coefficient (Wildman–Crippen LogP) is 5.14. The van der Waals surface area contributed by atoms with Crippen LogP contribution in [0.25, 0.3) is 34.0 Å². The van der Waals surface area contributed by atoms with Crippen LogP contribution in [0.15, 0.2) is 68.8 Å². The van der Waals surface area contributed by atoms with E-state index >= 15 is 0 Å².